The van der Waals surface area contributed by atoms with Gasteiger partial charge in [0.2, 0.25) is 5.91 Å². The number of rotatable bonds is 9. The van der Waals surface area contributed by atoms with Crippen molar-refractivity contribution in [1.82, 2.24) is 34.9 Å². The lowest BCUT2D eigenvalue weighted by molar-refractivity contribution is -0.122. The second kappa shape index (κ2) is 10.8. The van der Waals surface area contributed by atoms with Gasteiger partial charge in [0.15, 0.2) is 0 Å². The van der Waals surface area contributed by atoms with Gasteiger partial charge in [-0.1, -0.05) is 30.3 Å². The number of piperazine rings is 1. The summed E-state index contributed by atoms with van der Waals surface area (Å²) in [6.45, 7) is 5.10. The minimum atomic E-state index is 0.0903. The fraction of sp³-hybridized carbons (Fsp3) is 0.370. The molecule has 1 unspecified atom stereocenters. The number of carbonyl (C=O) groups is 1. The van der Waals surface area contributed by atoms with Gasteiger partial charge in [-0.15, -0.1) is 10.2 Å². The molecular formula is C27H33N7O. The highest BCUT2D eigenvalue weighted by molar-refractivity contribution is 5.85. The van der Waals surface area contributed by atoms with Crippen LogP contribution in [0.4, 0.5) is 0 Å². The predicted molar refractivity (Wildman–Crippen MR) is 137 cm³/mol. The van der Waals surface area contributed by atoms with E-state index in [0.717, 1.165) is 56.8 Å². The Bertz CT molecular complexity index is 1230. The smallest absolute Gasteiger partial charge is 0.221 e. The summed E-state index contributed by atoms with van der Waals surface area (Å²) >= 11 is 0. The number of nitrogens with one attached hydrogen (secondary N) is 2. The first-order valence-corrected chi connectivity index (χ1v) is 12.4. The third-order valence-electron chi connectivity index (χ3n) is 7.08. The van der Waals surface area contributed by atoms with Gasteiger partial charge in [-0.25, -0.2) is 0 Å². The largest absolute Gasteiger partial charge is 0.361 e. The van der Waals surface area contributed by atoms with Gasteiger partial charge in [0, 0.05) is 68.5 Å². The van der Waals surface area contributed by atoms with Crippen LogP contribution in [-0.2, 0) is 11.2 Å². The van der Waals surface area contributed by atoms with Crippen molar-refractivity contribution in [3.8, 4) is 5.69 Å². The average molecular weight is 472 g/mol. The first-order valence-electron chi connectivity index (χ1n) is 12.4. The zero-order chi connectivity index (χ0) is 24.0. The predicted octanol–water partition coefficient (Wildman–Crippen LogP) is 3.18. The van der Waals surface area contributed by atoms with Crippen molar-refractivity contribution in [2.24, 2.45) is 0 Å². The molecule has 8 nitrogen and oxygen atoms in total. The molecule has 1 saturated heterocycles. The summed E-state index contributed by atoms with van der Waals surface area (Å²) < 4.78 is 1.93. The SMILES string of the molecule is CNC(=O)CC(c1ccccc1)N1CCN(CCCc2c[nH]c3ccc(-n4cnnc4)cc23)CC1. The highest BCUT2D eigenvalue weighted by Gasteiger charge is 2.26. The van der Waals surface area contributed by atoms with E-state index in [0.29, 0.717) is 6.42 Å². The summed E-state index contributed by atoms with van der Waals surface area (Å²) in [4.78, 5) is 20.6. The summed E-state index contributed by atoms with van der Waals surface area (Å²) in [7, 11) is 1.71. The van der Waals surface area contributed by atoms with E-state index in [1.165, 1.54) is 16.5 Å². The van der Waals surface area contributed by atoms with Crippen LogP contribution in [0.2, 0.25) is 0 Å². The summed E-state index contributed by atoms with van der Waals surface area (Å²) in [6, 6.07) is 17.0. The molecule has 1 amide bonds. The van der Waals surface area contributed by atoms with E-state index in [1.807, 2.05) is 10.6 Å². The van der Waals surface area contributed by atoms with Crippen LogP contribution in [0.1, 0.15) is 30.0 Å². The molecule has 1 atom stereocenters. The van der Waals surface area contributed by atoms with E-state index in [9.17, 15) is 4.79 Å². The summed E-state index contributed by atoms with van der Waals surface area (Å²) in [5, 5.41) is 11.9. The number of aryl methyl sites for hydroxylation is 1. The monoisotopic (exact) mass is 471 g/mol. The molecule has 0 spiro atoms. The molecule has 5 rings (SSSR count). The minimum Gasteiger partial charge on any atom is -0.361 e. The van der Waals surface area contributed by atoms with Crippen LogP contribution in [0.5, 0.6) is 0 Å². The van der Waals surface area contributed by atoms with Gasteiger partial charge < -0.3 is 15.2 Å². The first-order chi connectivity index (χ1) is 17.2. The van der Waals surface area contributed by atoms with Crippen LogP contribution in [0.25, 0.3) is 16.6 Å². The number of H-pyrrole nitrogens is 1. The molecular weight excluding hydrogens is 438 g/mol. The Labute approximate surface area is 206 Å². The van der Waals surface area contributed by atoms with Gasteiger partial charge in [0.25, 0.3) is 0 Å². The Morgan fingerprint density at radius 1 is 1.06 bits per heavy atom. The average Bonchev–Trinajstić information content (AvgIpc) is 3.58. The Hall–Kier alpha value is -3.49. The number of hydrogen-bond donors (Lipinski definition) is 2. The lowest BCUT2D eigenvalue weighted by atomic mass is 10.0. The molecule has 4 aromatic rings. The van der Waals surface area contributed by atoms with Crippen LogP contribution in [0.15, 0.2) is 67.4 Å². The third kappa shape index (κ3) is 5.44. The van der Waals surface area contributed by atoms with Gasteiger partial charge in [-0.2, -0.15) is 0 Å². The number of hydrogen-bond acceptors (Lipinski definition) is 5. The van der Waals surface area contributed by atoms with Crippen molar-refractivity contribution in [2.45, 2.75) is 25.3 Å². The van der Waals surface area contributed by atoms with Crippen molar-refractivity contribution < 1.29 is 4.79 Å². The molecule has 0 aliphatic carbocycles. The minimum absolute atomic E-state index is 0.0903. The van der Waals surface area contributed by atoms with Crippen LogP contribution in [0.3, 0.4) is 0 Å². The molecule has 0 saturated carbocycles. The van der Waals surface area contributed by atoms with Crippen LogP contribution < -0.4 is 5.32 Å². The van der Waals surface area contributed by atoms with E-state index in [2.05, 4.69) is 79.0 Å². The van der Waals surface area contributed by atoms with Crippen molar-refractivity contribution in [2.75, 3.05) is 39.8 Å². The Morgan fingerprint density at radius 3 is 2.57 bits per heavy atom. The van der Waals surface area contributed by atoms with Gasteiger partial charge in [0.05, 0.1) is 0 Å². The fourth-order valence-electron chi connectivity index (χ4n) is 5.07. The van der Waals surface area contributed by atoms with Crippen LogP contribution >= 0.6 is 0 Å². The maximum atomic E-state index is 12.2. The Morgan fingerprint density at radius 2 is 1.83 bits per heavy atom. The maximum absolute atomic E-state index is 12.2. The van der Waals surface area contributed by atoms with Gasteiger partial charge in [-0.3, -0.25) is 14.3 Å². The van der Waals surface area contributed by atoms with Crippen LogP contribution in [-0.4, -0.2) is 75.2 Å². The summed E-state index contributed by atoms with van der Waals surface area (Å²) in [5.74, 6) is 0.0903. The van der Waals surface area contributed by atoms with Crippen molar-refractivity contribution in [1.29, 1.82) is 0 Å². The zero-order valence-corrected chi connectivity index (χ0v) is 20.2. The van der Waals surface area contributed by atoms with Gasteiger partial charge in [0.1, 0.15) is 12.7 Å². The first kappa shape index (κ1) is 23.3. The number of aromatic nitrogens is 4. The molecule has 8 heteroatoms. The summed E-state index contributed by atoms with van der Waals surface area (Å²) in [6.07, 6.45) is 8.24. The normalized spacial score (nSPS) is 15.9. The highest BCUT2D eigenvalue weighted by atomic mass is 16.1. The molecule has 1 aliphatic rings. The van der Waals surface area contributed by atoms with E-state index < -0.39 is 0 Å². The molecule has 0 radical (unpaired) electrons. The number of benzene rings is 2. The number of aromatic amines is 1. The topological polar surface area (TPSA) is 82.1 Å². The van der Waals surface area contributed by atoms with Crippen molar-refractivity contribution in [3.63, 3.8) is 0 Å². The van der Waals surface area contributed by atoms with E-state index >= 15 is 0 Å². The third-order valence-corrected chi connectivity index (χ3v) is 7.08. The van der Waals surface area contributed by atoms with Crippen molar-refractivity contribution in [3.05, 3.63) is 78.5 Å². The summed E-state index contributed by atoms with van der Waals surface area (Å²) in [5.41, 5.74) is 4.80. The lowest BCUT2D eigenvalue weighted by Crippen LogP contribution is -2.48. The molecule has 2 aromatic heterocycles. The van der Waals surface area contributed by atoms with E-state index in [-0.39, 0.29) is 11.9 Å². The number of carbonyl (C=O) groups excluding carboxylic acids is 1. The van der Waals surface area contributed by atoms with Gasteiger partial charge >= 0.3 is 0 Å². The second-order valence-electron chi connectivity index (χ2n) is 9.20. The molecule has 0 bridgehead atoms. The quantitative estimate of drug-likeness (QED) is 0.392. The van der Waals surface area contributed by atoms with E-state index in [1.54, 1.807) is 19.7 Å². The molecule has 35 heavy (non-hydrogen) atoms. The van der Waals surface area contributed by atoms with Gasteiger partial charge in [-0.05, 0) is 48.7 Å². The molecule has 182 valence electrons. The number of amides is 1. The molecule has 3 heterocycles. The van der Waals surface area contributed by atoms with Crippen LogP contribution in [0, 0.1) is 0 Å². The standard InChI is InChI=1S/C27H33N7O/c1-28-27(35)17-26(21-6-3-2-4-7-21)33-14-12-32(13-15-33)11-5-8-22-18-29-25-10-9-23(16-24(22)25)34-19-30-31-20-34/h2-4,6-7,9-10,16,18-20,26,29H,5,8,11-15,17H2,1H3,(H,28,35). The molecule has 2 aromatic carbocycles. The fourth-order valence-corrected chi connectivity index (χ4v) is 5.07. The number of nitrogens with zero attached hydrogens (tertiary/aromatic N) is 5. The Balaban J connectivity index is 1.16. The zero-order valence-electron chi connectivity index (χ0n) is 20.2. The highest BCUT2D eigenvalue weighted by Crippen LogP contribution is 2.26. The lowest BCUT2D eigenvalue weighted by Gasteiger charge is -2.39. The second-order valence-corrected chi connectivity index (χ2v) is 9.20. The maximum Gasteiger partial charge on any atom is 0.221 e. The molecule has 1 fully saturated rings. The van der Waals surface area contributed by atoms with E-state index in [4.69, 9.17) is 0 Å². The Kier molecular flexibility index (Phi) is 7.20. The molecule has 1 aliphatic heterocycles. The molecule has 2 N–H and O–H groups in total. The van der Waals surface area contributed by atoms with Crippen molar-refractivity contribution >= 4 is 16.8 Å². The number of fused-ring (bicyclic) bond motifs is 1.